The van der Waals surface area contributed by atoms with Crippen molar-refractivity contribution in [2.24, 2.45) is 0 Å². The smallest absolute Gasteiger partial charge is 0.224 e. The number of hydrogen-bond acceptors (Lipinski definition) is 5. The third-order valence-corrected chi connectivity index (χ3v) is 3.52. The molecule has 0 atom stereocenters. The van der Waals surface area contributed by atoms with E-state index in [1.165, 1.54) is 5.56 Å². The van der Waals surface area contributed by atoms with E-state index in [-0.39, 0.29) is 0 Å². The summed E-state index contributed by atoms with van der Waals surface area (Å²) in [5.41, 5.74) is 2.13. The summed E-state index contributed by atoms with van der Waals surface area (Å²) in [5.74, 6) is 1.47. The van der Waals surface area contributed by atoms with Crippen molar-refractivity contribution < 1.29 is 0 Å². The van der Waals surface area contributed by atoms with Crippen LogP contribution in [0.3, 0.4) is 0 Å². The Kier molecular flexibility index (Phi) is 3.93. The molecule has 0 spiro atoms. The van der Waals surface area contributed by atoms with Gasteiger partial charge in [-0.25, -0.2) is 5.10 Å². The van der Waals surface area contributed by atoms with E-state index in [9.17, 15) is 0 Å². The first-order chi connectivity index (χ1) is 9.90. The Morgan fingerprint density at radius 1 is 1.10 bits per heavy atom. The number of H-pyrrole nitrogens is 1. The first-order valence-electron chi connectivity index (χ1n) is 6.16. The number of hydrogen-bond donors (Lipinski definition) is 2. The molecule has 0 radical (unpaired) electrons. The molecule has 20 heavy (non-hydrogen) atoms. The van der Waals surface area contributed by atoms with Crippen LogP contribution in [-0.2, 0) is 5.75 Å². The zero-order valence-corrected chi connectivity index (χ0v) is 11.5. The van der Waals surface area contributed by atoms with Gasteiger partial charge in [0.05, 0.1) is 11.9 Å². The van der Waals surface area contributed by atoms with Crippen molar-refractivity contribution >= 4 is 23.4 Å². The number of pyridine rings is 1. The van der Waals surface area contributed by atoms with Gasteiger partial charge in [0.15, 0.2) is 0 Å². The van der Waals surface area contributed by atoms with Crippen LogP contribution in [0.15, 0.2) is 60.0 Å². The highest BCUT2D eigenvalue weighted by Crippen LogP contribution is 2.20. The Morgan fingerprint density at radius 3 is 2.80 bits per heavy atom. The van der Waals surface area contributed by atoms with Crippen LogP contribution >= 0.6 is 11.8 Å². The van der Waals surface area contributed by atoms with E-state index in [0.29, 0.717) is 5.95 Å². The molecule has 1 aromatic carbocycles. The highest BCUT2D eigenvalue weighted by atomic mass is 32.2. The lowest BCUT2D eigenvalue weighted by Crippen LogP contribution is -1.92. The molecular weight excluding hydrogens is 270 g/mol. The van der Waals surface area contributed by atoms with Crippen molar-refractivity contribution in [3.8, 4) is 0 Å². The second-order valence-corrected chi connectivity index (χ2v) is 5.05. The molecule has 0 bridgehead atoms. The molecule has 100 valence electrons. The number of aromatic nitrogens is 4. The van der Waals surface area contributed by atoms with Gasteiger partial charge in [-0.15, -0.1) is 5.10 Å². The van der Waals surface area contributed by atoms with E-state index in [0.717, 1.165) is 16.6 Å². The predicted octanol–water partition coefficient (Wildman–Crippen LogP) is 3.24. The number of benzene rings is 1. The summed E-state index contributed by atoms with van der Waals surface area (Å²) in [4.78, 5) is 8.41. The Balaban J connectivity index is 1.60. The molecule has 0 aliphatic rings. The third-order valence-electron chi connectivity index (χ3n) is 2.60. The monoisotopic (exact) mass is 283 g/mol. The quantitative estimate of drug-likeness (QED) is 0.704. The molecule has 0 aliphatic heterocycles. The SMILES string of the molecule is c1ccc(CSc2n[nH]c(Nc3cccnc3)n2)cc1. The van der Waals surface area contributed by atoms with E-state index in [2.05, 4.69) is 37.6 Å². The zero-order valence-electron chi connectivity index (χ0n) is 10.7. The van der Waals surface area contributed by atoms with Crippen LogP contribution in [0.2, 0.25) is 0 Å². The zero-order chi connectivity index (χ0) is 13.6. The minimum Gasteiger partial charge on any atom is -0.323 e. The van der Waals surface area contributed by atoms with Gasteiger partial charge in [0.1, 0.15) is 0 Å². The Labute approximate surface area is 120 Å². The van der Waals surface area contributed by atoms with Crippen molar-refractivity contribution in [1.82, 2.24) is 20.2 Å². The highest BCUT2D eigenvalue weighted by Gasteiger charge is 2.04. The van der Waals surface area contributed by atoms with Gasteiger partial charge in [-0.05, 0) is 17.7 Å². The van der Waals surface area contributed by atoms with Gasteiger partial charge >= 0.3 is 0 Å². The fourth-order valence-corrected chi connectivity index (χ4v) is 2.42. The number of aromatic amines is 1. The molecule has 0 unspecified atom stereocenters. The van der Waals surface area contributed by atoms with Gasteiger partial charge in [0.2, 0.25) is 11.1 Å². The largest absolute Gasteiger partial charge is 0.323 e. The number of rotatable bonds is 5. The molecule has 2 aromatic heterocycles. The van der Waals surface area contributed by atoms with E-state index >= 15 is 0 Å². The summed E-state index contributed by atoms with van der Waals surface area (Å²) in [6.07, 6.45) is 3.46. The van der Waals surface area contributed by atoms with Crippen LogP contribution in [0.4, 0.5) is 11.6 Å². The van der Waals surface area contributed by atoms with Crippen molar-refractivity contribution in [3.63, 3.8) is 0 Å². The van der Waals surface area contributed by atoms with Crippen LogP contribution < -0.4 is 5.32 Å². The lowest BCUT2D eigenvalue weighted by atomic mass is 10.2. The molecule has 0 aliphatic carbocycles. The fraction of sp³-hybridized carbons (Fsp3) is 0.0714. The Morgan fingerprint density at radius 2 is 2.00 bits per heavy atom. The third kappa shape index (κ3) is 3.36. The van der Waals surface area contributed by atoms with Gasteiger partial charge in [-0.3, -0.25) is 4.98 Å². The van der Waals surface area contributed by atoms with Crippen molar-refractivity contribution in [2.75, 3.05) is 5.32 Å². The Hall–Kier alpha value is -2.34. The first-order valence-corrected chi connectivity index (χ1v) is 7.15. The minimum absolute atomic E-state index is 0.619. The van der Waals surface area contributed by atoms with Crippen molar-refractivity contribution in [1.29, 1.82) is 0 Å². The van der Waals surface area contributed by atoms with Gasteiger partial charge in [-0.1, -0.05) is 42.1 Å². The van der Waals surface area contributed by atoms with Crippen LogP contribution in [-0.4, -0.2) is 20.2 Å². The summed E-state index contributed by atoms with van der Waals surface area (Å²) >= 11 is 1.60. The van der Waals surface area contributed by atoms with Gasteiger partial charge in [-0.2, -0.15) is 4.98 Å². The highest BCUT2D eigenvalue weighted by molar-refractivity contribution is 7.98. The number of nitrogens with zero attached hydrogens (tertiary/aromatic N) is 3. The maximum absolute atomic E-state index is 4.38. The maximum atomic E-state index is 4.38. The summed E-state index contributed by atoms with van der Waals surface area (Å²) in [5, 5.41) is 10.9. The average molecular weight is 283 g/mol. The first kappa shape index (κ1) is 12.7. The van der Waals surface area contributed by atoms with Crippen molar-refractivity contribution in [3.05, 3.63) is 60.4 Å². The number of nitrogens with one attached hydrogen (secondary N) is 2. The normalized spacial score (nSPS) is 10.4. The molecule has 2 N–H and O–H groups in total. The molecule has 0 fully saturated rings. The summed E-state index contributed by atoms with van der Waals surface area (Å²) in [6.45, 7) is 0. The summed E-state index contributed by atoms with van der Waals surface area (Å²) in [7, 11) is 0. The molecular formula is C14H13N5S. The lowest BCUT2D eigenvalue weighted by Gasteiger charge is -1.99. The fourth-order valence-electron chi connectivity index (χ4n) is 1.66. The van der Waals surface area contributed by atoms with E-state index in [1.807, 2.05) is 30.3 Å². The topological polar surface area (TPSA) is 66.5 Å². The maximum Gasteiger partial charge on any atom is 0.224 e. The molecule has 0 saturated carbocycles. The standard InChI is InChI=1S/C14H13N5S/c1-2-5-11(6-3-1)10-20-14-17-13(18-19-14)16-12-7-4-8-15-9-12/h1-9H,10H2,(H2,16,17,18,19). The van der Waals surface area contributed by atoms with Crippen LogP contribution in [0, 0.1) is 0 Å². The molecule has 5 nitrogen and oxygen atoms in total. The van der Waals surface area contributed by atoms with E-state index < -0.39 is 0 Å². The summed E-state index contributed by atoms with van der Waals surface area (Å²) < 4.78 is 0. The van der Waals surface area contributed by atoms with Crippen LogP contribution in [0.25, 0.3) is 0 Å². The molecule has 0 amide bonds. The molecule has 3 aromatic rings. The van der Waals surface area contributed by atoms with Gasteiger partial charge in [0, 0.05) is 11.9 Å². The Bertz CT molecular complexity index is 654. The molecule has 3 rings (SSSR count). The van der Waals surface area contributed by atoms with Gasteiger partial charge in [0.25, 0.3) is 0 Å². The lowest BCUT2D eigenvalue weighted by molar-refractivity contribution is 0.973. The predicted molar refractivity (Wildman–Crippen MR) is 79.9 cm³/mol. The molecule has 6 heteroatoms. The van der Waals surface area contributed by atoms with E-state index in [1.54, 1.807) is 24.2 Å². The average Bonchev–Trinajstić information content (AvgIpc) is 2.95. The minimum atomic E-state index is 0.619. The number of anilines is 2. The second kappa shape index (κ2) is 6.21. The molecule has 2 heterocycles. The van der Waals surface area contributed by atoms with E-state index in [4.69, 9.17) is 0 Å². The number of thioether (sulfide) groups is 1. The second-order valence-electron chi connectivity index (χ2n) is 4.11. The van der Waals surface area contributed by atoms with Crippen LogP contribution in [0.1, 0.15) is 5.56 Å². The van der Waals surface area contributed by atoms with Crippen LogP contribution in [0.5, 0.6) is 0 Å². The van der Waals surface area contributed by atoms with Crippen molar-refractivity contribution in [2.45, 2.75) is 10.9 Å². The molecule has 0 saturated heterocycles. The van der Waals surface area contributed by atoms with Gasteiger partial charge < -0.3 is 5.32 Å². The summed E-state index contributed by atoms with van der Waals surface area (Å²) in [6, 6.07) is 14.0.